The zero-order valence-corrected chi connectivity index (χ0v) is 12.6. The molecule has 0 aliphatic heterocycles. The van der Waals surface area contributed by atoms with Crippen molar-refractivity contribution in [3.63, 3.8) is 0 Å². The molecule has 3 heteroatoms. The van der Waals surface area contributed by atoms with Crippen LogP contribution in [0.3, 0.4) is 0 Å². The minimum Gasteiger partial charge on any atom is -0.340 e. The molecule has 1 amide bonds. The third-order valence-corrected chi connectivity index (χ3v) is 4.28. The Bertz CT molecular complexity index is 450. The van der Waals surface area contributed by atoms with E-state index in [2.05, 4.69) is 26.0 Å². The van der Waals surface area contributed by atoms with Gasteiger partial charge in [0, 0.05) is 18.6 Å². The summed E-state index contributed by atoms with van der Waals surface area (Å²) in [6, 6.07) is 8.94. The summed E-state index contributed by atoms with van der Waals surface area (Å²) in [4.78, 5) is 14.6. The molecule has 0 radical (unpaired) electrons. The van der Waals surface area contributed by atoms with Crippen molar-refractivity contribution in [2.75, 3.05) is 6.54 Å². The number of carbonyl (C=O) groups is 1. The summed E-state index contributed by atoms with van der Waals surface area (Å²) in [7, 11) is 0. The molecule has 3 nitrogen and oxygen atoms in total. The molecule has 0 bridgehead atoms. The van der Waals surface area contributed by atoms with E-state index in [1.54, 1.807) is 0 Å². The molecule has 2 N–H and O–H groups in total. The highest BCUT2D eigenvalue weighted by molar-refractivity contribution is 5.79. The van der Waals surface area contributed by atoms with Gasteiger partial charge in [0.25, 0.3) is 0 Å². The molecule has 20 heavy (non-hydrogen) atoms. The maximum absolute atomic E-state index is 12.5. The Kier molecular flexibility index (Phi) is 5.18. The average Bonchev–Trinajstić information content (AvgIpc) is 2.42. The SMILES string of the molecule is CCN(C(=O)Cc1cccc(C)c1)C1CCC(N)CC1. The Morgan fingerprint density at radius 1 is 1.30 bits per heavy atom. The molecule has 0 unspecified atom stereocenters. The summed E-state index contributed by atoms with van der Waals surface area (Å²) >= 11 is 0. The standard InChI is InChI=1S/C17H26N2O/c1-3-19(16-9-7-15(18)8-10-16)17(20)12-14-6-4-5-13(2)11-14/h4-6,11,15-16H,3,7-10,12,18H2,1-2H3. The average molecular weight is 274 g/mol. The second-order valence-corrected chi connectivity index (χ2v) is 5.91. The Hall–Kier alpha value is -1.35. The largest absolute Gasteiger partial charge is 0.340 e. The van der Waals surface area contributed by atoms with Gasteiger partial charge < -0.3 is 10.6 Å². The molecule has 0 aromatic heterocycles. The lowest BCUT2D eigenvalue weighted by Crippen LogP contribution is -2.44. The smallest absolute Gasteiger partial charge is 0.227 e. The van der Waals surface area contributed by atoms with Crippen LogP contribution in [0, 0.1) is 6.92 Å². The molecule has 0 atom stereocenters. The minimum absolute atomic E-state index is 0.249. The Morgan fingerprint density at radius 3 is 2.60 bits per heavy atom. The second-order valence-electron chi connectivity index (χ2n) is 5.91. The lowest BCUT2D eigenvalue weighted by atomic mass is 9.90. The van der Waals surface area contributed by atoms with E-state index < -0.39 is 0 Å². The van der Waals surface area contributed by atoms with Crippen molar-refractivity contribution < 1.29 is 4.79 Å². The minimum atomic E-state index is 0.249. The molecule has 1 aliphatic rings. The number of hydrogen-bond acceptors (Lipinski definition) is 2. The number of rotatable bonds is 4. The number of nitrogens with two attached hydrogens (primary N) is 1. The van der Waals surface area contributed by atoms with Gasteiger partial charge in [0.05, 0.1) is 6.42 Å². The van der Waals surface area contributed by atoms with Gasteiger partial charge in [-0.1, -0.05) is 29.8 Å². The van der Waals surface area contributed by atoms with Crippen molar-refractivity contribution in [1.82, 2.24) is 4.90 Å². The van der Waals surface area contributed by atoms with Gasteiger partial charge >= 0.3 is 0 Å². The molecule has 0 spiro atoms. The highest BCUT2D eigenvalue weighted by atomic mass is 16.2. The Labute approximate surface area is 122 Å². The van der Waals surface area contributed by atoms with E-state index in [-0.39, 0.29) is 5.91 Å². The molecule has 1 fully saturated rings. The van der Waals surface area contributed by atoms with Crippen LogP contribution < -0.4 is 5.73 Å². The fourth-order valence-corrected chi connectivity index (χ4v) is 3.15. The Morgan fingerprint density at radius 2 is 2.00 bits per heavy atom. The number of aryl methyl sites for hydroxylation is 1. The lowest BCUT2D eigenvalue weighted by Gasteiger charge is -2.35. The zero-order chi connectivity index (χ0) is 14.5. The highest BCUT2D eigenvalue weighted by Crippen LogP contribution is 2.22. The predicted octanol–water partition coefficient (Wildman–Crippen LogP) is 2.66. The van der Waals surface area contributed by atoms with Crippen LogP contribution in [0.15, 0.2) is 24.3 Å². The quantitative estimate of drug-likeness (QED) is 0.917. The van der Waals surface area contributed by atoms with Crippen molar-refractivity contribution in [2.45, 2.75) is 58.0 Å². The molecule has 1 aliphatic carbocycles. The number of likely N-dealkylation sites (N-methyl/N-ethyl adjacent to an activating group) is 1. The summed E-state index contributed by atoms with van der Waals surface area (Å²) in [5, 5.41) is 0. The van der Waals surface area contributed by atoms with Crippen LogP contribution >= 0.6 is 0 Å². The van der Waals surface area contributed by atoms with E-state index in [4.69, 9.17) is 5.73 Å². The molecule has 110 valence electrons. The van der Waals surface area contributed by atoms with Crippen LogP contribution in [0.25, 0.3) is 0 Å². The van der Waals surface area contributed by atoms with Gasteiger partial charge in [-0.2, -0.15) is 0 Å². The normalized spacial score (nSPS) is 22.6. The maximum Gasteiger partial charge on any atom is 0.227 e. The van der Waals surface area contributed by atoms with Gasteiger partial charge in [-0.05, 0) is 45.1 Å². The first-order valence-electron chi connectivity index (χ1n) is 7.70. The third kappa shape index (κ3) is 3.83. The molecule has 0 saturated heterocycles. The molecular weight excluding hydrogens is 248 g/mol. The number of hydrogen-bond donors (Lipinski definition) is 1. The maximum atomic E-state index is 12.5. The van der Waals surface area contributed by atoms with Gasteiger partial charge in [0.1, 0.15) is 0 Å². The molecular formula is C17H26N2O. The monoisotopic (exact) mass is 274 g/mol. The Balaban J connectivity index is 1.98. The first-order chi connectivity index (χ1) is 9.60. The summed E-state index contributed by atoms with van der Waals surface area (Å²) in [5.74, 6) is 0.249. The summed E-state index contributed by atoms with van der Waals surface area (Å²) < 4.78 is 0. The van der Waals surface area contributed by atoms with Crippen molar-refractivity contribution in [1.29, 1.82) is 0 Å². The first-order valence-corrected chi connectivity index (χ1v) is 7.70. The predicted molar refractivity (Wildman–Crippen MR) is 82.5 cm³/mol. The zero-order valence-electron chi connectivity index (χ0n) is 12.6. The van der Waals surface area contributed by atoms with Gasteiger partial charge in [0.2, 0.25) is 5.91 Å². The summed E-state index contributed by atoms with van der Waals surface area (Å²) in [6.07, 6.45) is 4.69. The highest BCUT2D eigenvalue weighted by Gasteiger charge is 2.26. The van der Waals surface area contributed by atoms with Crippen LogP contribution in [0.5, 0.6) is 0 Å². The molecule has 0 heterocycles. The van der Waals surface area contributed by atoms with Crippen molar-refractivity contribution in [2.24, 2.45) is 5.73 Å². The van der Waals surface area contributed by atoms with Crippen molar-refractivity contribution in [3.05, 3.63) is 35.4 Å². The van der Waals surface area contributed by atoms with Gasteiger partial charge in [-0.3, -0.25) is 4.79 Å². The fraction of sp³-hybridized carbons (Fsp3) is 0.588. The van der Waals surface area contributed by atoms with Crippen LogP contribution in [-0.2, 0) is 11.2 Å². The van der Waals surface area contributed by atoms with Crippen molar-refractivity contribution in [3.8, 4) is 0 Å². The molecule has 1 aromatic rings. The molecule has 2 rings (SSSR count). The van der Waals surface area contributed by atoms with E-state index in [9.17, 15) is 4.79 Å². The summed E-state index contributed by atoms with van der Waals surface area (Å²) in [5.41, 5.74) is 8.27. The van der Waals surface area contributed by atoms with Crippen LogP contribution in [0.1, 0.15) is 43.7 Å². The number of carbonyl (C=O) groups excluding carboxylic acids is 1. The van der Waals surface area contributed by atoms with E-state index in [1.807, 2.05) is 17.0 Å². The molecule has 1 aromatic carbocycles. The van der Waals surface area contributed by atoms with Crippen molar-refractivity contribution >= 4 is 5.91 Å². The number of benzene rings is 1. The van der Waals surface area contributed by atoms with E-state index in [1.165, 1.54) is 5.56 Å². The van der Waals surface area contributed by atoms with Gasteiger partial charge in [0.15, 0.2) is 0 Å². The second kappa shape index (κ2) is 6.89. The van der Waals surface area contributed by atoms with E-state index >= 15 is 0 Å². The van der Waals surface area contributed by atoms with Crippen LogP contribution in [-0.4, -0.2) is 29.4 Å². The lowest BCUT2D eigenvalue weighted by molar-refractivity contribution is -0.133. The van der Waals surface area contributed by atoms with E-state index in [0.717, 1.165) is 37.8 Å². The van der Waals surface area contributed by atoms with Gasteiger partial charge in [-0.15, -0.1) is 0 Å². The molecule has 1 saturated carbocycles. The van der Waals surface area contributed by atoms with Crippen LogP contribution in [0.2, 0.25) is 0 Å². The summed E-state index contributed by atoms with van der Waals surface area (Å²) in [6.45, 7) is 4.93. The van der Waals surface area contributed by atoms with Crippen LogP contribution in [0.4, 0.5) is 0 Å². The fourth-order valence-electron chi connectivity index (χ4n) is 3.15. The first kappa shape index (κ1) is 15.0. The van der Waals surface area contributed by atoms with E-state index in [0.29, 0.717) is 18.5 Å². The number of nitrogens with zero attached hydrogens (tertiary/aromatic N) is 1. The third-order valence-electron chi connectivity index (χ3n) is 4.28. The number of amides is 1. The topological polar surface area (TPSA) is 46.3 Å². The van der Waals surface area contributed by atoms with Gasteiger partial charge in [-0.25, -0.2) is 0 Å².